The zero-order valence-electron chi connectivity index (χ0n) is 11.9. The third-order valence-electron chi connectivity index (χ3n) is 3.21. The Morgan fingerprint density at radius 1 is 1.20 bits per heavy atom. The van der Waals surface area contributed by atoms with Crippen molar-refractivity contribution < 1.29 is 14.3 Å². The van der Waals surface area contributed by atoms with E-state index in [1.54, 1.807) is 7.11 Å². The molecule has 0 aliphatic rings. The Morgan fingerprint density at radius 2 is 1.80 bits per heavy atom. The summed E-state index contributed by atoms with van der Waals surface area (Å²) in [6.45, 7) is 4.00. The summed E-state index contributed by atoms with van der Waals surface area (Å²) in [6, 6.07) is 3.91. The second kappa shape index (κ2) is 5.54. The number of hydrogen-bond acceptors (Lipinski definition) is 5. The molecule has 2 rings (SSSR count). The van der Waals surface area contributed by atoms with Gasteiger partial charge in [0.15, 0.2) is 0 Å². The van der Waals surface area contributed by atoms with E-state index in [9.17, 15) is 4.79 Å². The molecule has 2 aromatic rings. The van der Waals surface area contributed by atoms with Gasteiger partial charge < -0.3 is 15.2 Å². The molecule has 0 aliphatic heterocycles. The highest BCUT2D eigenvalue weighted by molar-refractivity contribution is 7.13. The van der Waals surface area contributed by atoms with Crippen LogP contribution in [0.4, 0.5) is 5.69 Å². The molecule has 20 heavy (non-hydrogen) atoms. The van der Waals surface area contributed by atoms with Crippen LogP contribution in [0.5, 0.6) is 5.75 Å². The number of ether oxygens (including phenoxy) is 2. The predicted octanol–water partition coefficient (Wildman–Crippen LogP) is 3.41. The van der Waals surface area contributed by atoms with Gasteiger partial charge in [0, 0.05) is 10.9 Å². The van der Waals surface area contributed by atoms with E-state index in [2.05, 4.69) is 0 Å². The maximum Gasteiger partial charge on any atom is 0.350 e. The summed E-state index contributed by atoms with van der Waals surface area (Å²) in [5, 5.41) is 1.89. The van der Waals surface area contributed by atoms with Crippen LogP contribution in [-0.4, -0.2) is 20.2 Å². The molecule has 0 fully saturated rings. The third-order valence-corrected chi connectivity index (χ3v) is 4.19. The maximum atomic E-state index is 11.6. The normalized spacial score (nSPS) is 10.4. The Morgan fingerprint density at radius 3 is 2.30 bits per heavy atom. The van der Waals surface area contributed by atoms with Crippen LogP contribution in [0, 0.1) is 13.8 Å². The molecule has 106 valence electrons. The van der Waals surface area contributed by atoms with Gasteiger partial charge in [0.2, 0.25) is 0 Å². The molecule has 0 saturated carbocycles. The third kappa shape index (κ3) is 2.36. The molecular weight excluding hydrogens is 274 g/mol. The number of nitrogen functional groups attached to an aromatic ring is 1. The number of rotatable bonds is 3. The minimum absolute atomic E-state index is 0.400. The number of nitrogens with two attached hydrogens (primary N) is 1. The lowest BCUT2D eigenvalue weighted by molar-refractivity contribution is 0.0607. The standard InChI is InChI=1S/C15H17NO3S/c1-8-5-10(18-3)6-9(2)12(8)11-7-20-14(13(11)16)15(17)19-4/h5-7H,16H2,1-4H3. The number of thiophene rings is 1. The van der Waals surface area contributed by atoms with Gasteiger partial charge in [0.25, 0.3) is 0 Å². The molecule has 0 unspecified atom stereocenters. The molecular formula is C15H17NO3S. The number of carbonyl (C=O) groups is 1. The molecule has 5 heteroatoms. The fourth-order valence-electron chi connectivity index (χ4n) is 2.28. The Labute approximate surface area is 122 Å². The first-order valence-electron chi connectivity index (χ1n) is 6.10. The highest BCUT2D eigenvalue weighted by Gasteiger charge is 2.19. The summed E-state index contributed by atoms with van der Waals surface area (Å²) in [5.41, 5.74) is 10.6. The average molecular weight is 291 g/mol. The molecule has 4 nitrogen and oxygen atoms in total. The van der Waals surface area contributed by atoms with Crippen molar-refractivity contribution in [2.24, 2.45) is 0 Å². The largest absolute Gasteiger partial charge is 0.497 e. The molecule has 0 atom stereocenters. The van der Waals surface area contributed by atoms with Gasteiger partial charge in [0.1, 0.15) is 10.6 Å². The summed E-state index contributed by atoms with van der Waals surface area (Å²) >= 11 is 1.30. The van der Waals surface area contributed by atoms with Crippen LogP contribution in [0.3, 0.4) is 0 Å². The van der Waals surface area contributed by atoms with Crippen molar-refractivity contribution in [1.29, 1.82) is 0 Å². The Kier molecular flexibility index (Phi) is 3.99. The van der Waals surface area contributed by atoms with E-state index in [4.69, 9.17) is 15.2 Å². The summed E-state index contributed by atoms with van der Waals surface area (Å²) in [6.07, 6.45) is 0. The molecule has 1 heterocycles. The van der Waals surface area contributed by atoms with E-state index in [1.165, 1.54) is 18.4 Å². The summed E-state index contributed by atoms with van der Waals surface area (Å²) in [7, 11) is 2.99. The van der Waals surface area contributed by atoms with Crippen molar-refractivity contribution in [1.82, 2.24) is 0 Å². The number of hydrogen-bond donors (Lipinski definition) is 1. The van der Waals surface area contributed by atoms with Crippen molar-refractivity contribution in [3.63, 3.8) is 0 Å². The Hall–Kier alpha value is -2.01. The molecule has 0 amide bonds. The smallest absolute Gasteiger partial charge is 0.350 e. The summed E-state index contributed by atoms with van der Waals surface area (Å²) in [4.78, 5) is 12.1. The van der Waals surface area contributed by atoms with E-state index in [1.807, 2.05) is 31.4 Å². The highest BCUT2D eigenvalue weighted by atomic mass is 32.1. The zero-order valence-corrected chi connectivity index (χ0v) is 12.8. The number of carbonyl (C=O) groups excluding carboxylic acids is 1. The fourth-order valence-corrected chi connectivity index (χ4v) is 3.17. The van der Waals surface area contributed by atoms with E-state index >= 15 is 0 Å². The molecule has 1 aromatic heterocycles. The van der Waals surface area contributed by atoms with Gasteiger partial charge in [0.05, 0.1) is 19.9 Å². The maximum absolute atomic E-state index is 11.6. The van der Waals surface area contributed by atoms with Crippen molar-refractivity contribution in [2.45, 2.75) is 13.8 Å². The molecule has 1 aromatic carbocycles. The molecule has 2 N–H and O–H groups in total. The molecule has 0 spiro atoms. The summed E-state index contributed by atoms with van der Waals surface area (Å²) in [5.74, 6) is 0.410. The van der Waals surface area contributed by atoms with Crippen molar-refractivity contribution in [3.8, 4) is 16.9 Å². The molecule has 0 bridgehead atoms. The lowest BCUT2D eigenvalue weighted by Crippen LogP contribution is -2.02. The monoisotopic (exact) mass is 291 g/mol. The molecule has 0 aliphatic carbocycles. The first-order chi connectivity index (χ1) is 9.49. The number of anilines is 1. The van der Waals surface area contributed by atoms with Crippen molar-refractivity contribution >= 4 is 23.0 Å². The number of methoxy groups -OCH3 is 2. The lowest BCUT2D eigenvalue weighted by atomic mass is 9.96. The van der Waals surface area contributed by atoms with Crippen LogP contribution >= 0.6 is 11.3 Å². The SMILES string of the molecule is COC(=O)c1scc(-c2c(C)cc(OC)cc2C)c1N. The first-order valence-corrected chi connectivity index (χ1v) is 6.98. The van der Waals surface area contributed by atoms with E-state index in [0.29, 0.717) is 10.6 Å². The number of aryl methyl sites for hydroxylation is 2. The van der Waals surface area contributed by atoms with Crippen molar-refractivity contribution in [3.05, 3.63) is 33.5 Å². The minimum Gasteiger partial charge on any atom is -0.497 e. The van der Waals surface area contributed by atoms with Crippen LogP contribution in [0.25, 0.3) is 11.1 Å². The van der Waals surface area contributed by atoms with Gasteiger partial charge in [-0.1, -0.05) is 0 Å². The van der Waals surface area contributed by atoms with E-state index in [-0.39, 0.29) is 0 Å². The van der Waals surface area contributed by atoms with Crippen LogP contribution in [0.1, 0.15) is 20.8 Å². The topological polar surface area (TPSA) is 61.5 Å². The van der Waals surface area contributed by atoms with E-state index < -0.39 is 5.97 Å². The summed E-state index contributed by atoms with van der Waals surface area (Å²) < 4.78 is 9.99. The number of benzene rings is 1. The van der Waals surface area contributed by atoms with Gasteiger partial charge in [-0.15, -0.1) is 11.3 Å². The Balaban J connectivity index is 2.58. The average Bonchev–Trinajstić information content (AvgIpc) is 2.79. The van der Waals surface area contributed by atoms with Crippen LogP contribution in [0.15, 0.2) is 17.5 Å². The van der Waals surface area contributed by atoms with E-state index in [0.717, 1.165) is 28.0 Å². The Bertz CT molecular complexity index is 638. The first kappa shape index (κ1) is 14.4. The molecule has 0 saturated heterocycles. The quantitative estimate of drug-likeness (QED) is 0.880. The number of esters is 1. The molecule has 0 radical (unpaired) electrons. The second-order valence-electron chi connectivity index (χ2n) is 4.52. The van der Waals surface area contributed by atoms with Crippen molar-refractivity contribution in [2.75, 3.05) is 20.0 Å². The predicted molar refractivity (Wildman–Crippen MR) is 81.5 cm³/mol. The lowest BCUT2D eigenvalue weighted by Gasteiger charge is -2.12. The van der Waals surface area contributed by atoms with Gasteiger partial charge in [-0.05, 0) is 42.7 Å². The van der Waals surface area contributed by atoms with Crippen LogP contribution in [0.2, 0.25) is 0 Å². The van der Waals surface area contributed by atoms with Gasteiger partial charge in [-0.25, -0.2) is 4.79 Å². The second-order valence-corrected chi connectivity index (χ2v) is 5.40. The zero-order chi connectivity index (χ0) is 14.9. The van der Waals surface area contributed by atoms with Gasteiger partial charge in [-0.2, -0.15) is 0 Å². The fraction of sp³-hybridized carbons (Fsp3) is 0.267. The van der Waals surface area contributed by atoms with Crippen LogP contribution < -0.4 is 10.5 Å². The minimum atomic E-state index is -0.400. The van der Waals surface area contributed by atoms with Crippen LogP contribution in [-0.2, 0) is 4.74 Å². The highest BCUT2D eigenvalue weighted by Crippen LogP contribution is 2.39. The van der Waals surface area contributed by atoms with Gasteiger partial charge in [-0.3, -0.25) is 0 Å². The van der Waals surface area contributed by atoms with Gasteiger partial charge >= 0.3 is 5.97 Å².